The lowest BCUT2D eigenvalue weighted by atomic mass is 9.99. The van der Waals surface area contributed by atoms with E-state index in [0.29, 0.717) is 6.61 Å². The van der Waals surface area contributed by atoms with E-state index in [2.05, 4.69) is 17.1 Å². The zero-order chi connectivity index (χ0) is 9.54. The van der Waals surface area contributed by atoms with Crippen LogP contribution in [0, 0.1) is 0 Å². The summed E-state index contributed by atoms with van der Waals surface area (Å²) >= 11 is 0. The summed E-state index contributed by atoms with van der Waals surface area (Å²) in [4.78, 5) is 4.22. The first-order valence-electron chi connectivity index (χ1n) is 4.85. The quantitative estimate of drug-likeness (QED) is 0.668. The van der Waals surface area contributed by atoms with Crippen LogP contribution in [0.4, 0.5) is 0 Å². The van der Waals surface area contributed by atoms with Gasteiger partial charge in [-0.25, -0.2) is 4.98 Å². The molecule has 3 nitrogen and oxygen atoms in total. The lowest BCUT2D eigenvalue weighted by Crippen LogP contribution is -2.02. The molecule has 0 fully saturated rings. The van der Waals surface area contributed by atoms with Gasteiger partial charge in [0.05, 0.1) is 12.2 Å². The molecule has 2 atom stereocenters. The molecule has 2 bridgehead atoms. The van der Waals surface area contributed by atoms with Gasteiger partial charge in [0.15, 0.2) is 0 Å². The number of hydrogen-bond acceptors (Lipinski definition) is 3. The molecule has 3 rings (SSSR count). The molecule has 0 aliphatic carbocycles. The molecule has 0 saturated heterocycles. The summed E-state index contributed by atoms with van der Waals surface area (Å²) in [6, 6.07) is 2.01. The van der Waals surface area contributed by atoms with E-state index in [-0.39, 0.29) is 12.2 Å². The van der Waals surface area contributed by atoms with Crippen LogP contribution in [0.15, 0.2) is 24.4 Å². The van der Waals surface area contributed by atoms with E-state index in [0.717, 1.165) is 11.4 Å². The molecule has 0 spiro atoms. The van der Waals surface area contributed by atoms with E-state index >= 15 is 0 Å². The Morgan fingerprint density at radius 3 is 3.14 bits per heavy atom. The second kappa shape index (κ2) is 2.82. The summed E-state index contributed by atoms with van der Waals surface area (Å²) < 4.78 is 11.2. The third-order valence-electron chi connectivity index (χ3n) is 2.61. The molecule has 72 valence electrons. The first kappa shape index (κ1) is 8.00. The van der Waals surface area contributed by atoms with Crippen LogP contribution in [0.2, 0.25) is 0 Å². The van der Waals surface area contributed by atoms with E-state index in [1.54, 1.807) is 6.20 Å². The van der Waals surface area contributed by atoms with Crippen molar-refractivity contribution < 1.29 is 9.47 Å². The zero-order valence-electron chi connectivity index (χ0n) is 7.93. The molecule has 3 heterocycles. The third kappa shape index (κ3) is 0.930. The largest absolute Gasteiger partial charge is 0.478 e. The van der Waals surface area contributed by atoms with Crippen molar-refractivity contribution in [1.29, 1.82) is 0 Å². The fraction of sp³-hybridized carbons (Fsp3) is 0.364. The van der Waals surface area contributed by atoms with Gasteiger partial charge in [0.1, 0.15) is 12.2 Å². The van der Waals surface area contributed by atoms with E-state index in [9.17, 15) is 0 Å². The number of hydrogen-bond donors (Lipinski definition) is 0. The Hall–Kier alpha value is -1.35. The van der Waals surface area contributed by atoms with Crippen molar-refractivity contribution in [3.8, 4) is 5.88 Å². The fourth-order valence-electron chi connectivity index (χ4n) is 2.05. The highest BCUT2D eigenvalue weighted by Gasteiger charge is 2.36. The lowest BCUT2D eigenvalue weighted by Gasteiger charge is -2.11. The molecular formula is C11H11NO2. The number of rotatable bonds is 2. The van der Waals surface area contributed by atoms with Gasteiger partial charge in [0.2, 0.25) is 5.88 Å². The minimum absolute atomic E-state index is 0.0604. The second-order valence-corrected chi connectivity index (χ2v) is 3.41. The van der Waals surface area contributed by atoms with Crippen molar-refractivity contribution in [2.45, 2.75) is 19.1 Å². The Morgan fingerprint density at radius 2 is 2.29 bits per heavy atom. The van der Waals surface area contributed by atoms with Crippen molar-refractivity contribution in [3.63, 3.8) is 0 Å². The fourth-order valence-corrected chi connectivity index (χ4v) is 2.05. The normalized spacial score (nSPS) is 26.6. The highest BCUT2D eigenvalue weighted by Crippen LogP contribution is 2.48. The van der Waals surface area contributed by atoms with Crippen molar-refractivity contribution in [3.05, 3.63) is 35.5 Å². The van der Waals surface area contributed by atoms with Crippen LogP contribution in [0.3, 0.4) is 0 Å². The minimum atomic E-state index is 0.0604. The van der Waals surface area contributed by atoms with Gasteiger partial charge in [0.25, 0.3) is 0 Å². The molecule has 0 radical (unpaired) electrons. The van der Waals surface area contributed by atoms with Crippen LogP contribution >= 0.6 is 0 Å². The summed E-state index contributed by atoms with van der Waals surface area (Å²) in [5.74, 6) is 0.724. The average Bonchev–Trinajstić information content (AvgIpc) is 2.79. The van der Waals surface area contributed by atoms with E-state index in [1.165, 1.54) is 5.56 Å². The van der Waals surface area contributed by atoms with Gasteiger partial charge in [0, 0.05) is 6.20 Å². The van der Waals surface area contributed by atoms with E-state index in [4.69, 9.17) is 9.47 Å². The number of fused-ring (bicyclic) bond motifs is 5. The van der Waals surface area contributed by atoms with Crippen LogP contribution in [0.25, 0.3) is 0 Å². The summed E-state index contributed by atoms with van der Waals surface area (Å²) in [5, 5.41) is 0. The van der Waals surface area contributed by atoms with E-state index < -0.39 is 0 Å². The van der Waals surface area contributed by atoms with Crippen molar-refractivity contribution >= 4 is 0 Å². The minimum Gasteiger partial charge on any atom is -0.478 e. The van der Waals surface area contributed by atoms with Gasteiger partial charge in [-0.3, -0.25) is 0 Å². The number of ether oxygens (including phenoxy) is 2. The Bertz CT molecular complexity index is 400. The first-order valence-corrected chi connectivity index (χ1v) is 4.85. The monoisotopic (exact) mass is 189 g/mol. The molecule has 2 aliphatic heterocycles. The zero-order valence-corrected chi connectivity index (χ0v) is 7.93. The number of nitrogens with zero attached hydrogens (tertiary/aromatic N) is 1. The van der Waals surface area contributed by atoms with Gasteiger partial charge in [-0.2, -0.15) is 0 Å². The van der Waals surface area contributed by atoms with Gasteiger partial charge in [-0.1, -0.05) is 12.2 Å². The first-order chi connectivity index (χ1) is 6.90. The van der Waals surface area contributed by atoms with Crippen LogP contribution in [0.5, 0.6) is 5.88 Å². The Morgan fingerprint density at radius 1 is 1.43 bits per heavy atom. The Kier molecular flexibility index (Phi) is 1.61. The van der Waals surface area contributed by atoms with Gasteiger partial charge >= 0.3 is 0 Å². The molecule has 14 heavy (non-hydrogen) atoms. The van der Waals surface area contributed by atoms with Crippen LogP contribution in [0.1, 0.15) is 30.3 Å². The molecule has 2 aliphatic rings. The highest BCUT2D eigenvalue weighted by molar-refractivity contribution is 5.47. The predicted molar refractivity (Wildman–Crippen MR) is 51.1 cm³/mol. The lowest BCUT2D eigenvalue weighted by molar-refractivity contribution is 0.0866. The van der Waals surface area contributed by atoms with Crippen LogP contribution < -0.4 is 4.74 Å². The van der Waals surface area contributed by atoms with Gasteiger partial charge in [-0.15, -0.1) is 0 Å². The molecule has 3 heteroatoms. The van der Waals surface area contributed by atoms with Crippen LogP contribution in [-0.4, -0.2) is 11.6 Å². The van der Waals surface area contributed by atoms with Crippen molar-refractivity contribution in [1.82, 2.24) is 4.98 Å². The molecule has 1 aromatic rings. The summed E-state index contributed by atoms with van der Waals surface area (Å²) in [5.41, 5.74) is 2.32. The molecule has 0 saturated carbocycles. The SMILES string of the molecule is CCOc1nccc2c1[C@H]1C=C[C@@H]2O1. The maximum Gasteiger partial charge on any atom is 0.219 e. The smallest absolute Gasteiger partial charge is 0.219 e. The number of aromatic nitrogens is 1. The Balaban J connectivity index is 2.11. The van der Waals surface area contributed by atoms with Crippen molar-refractivity contribution in [2.24, 2.45) is 0 Å². The standard InChI is InChI=1S/C11H11NO2/c1-2-13-11-10-7(5-6-12-11)8-3-4-9(10)14-8/h3-6,8-9H,2H2,1H3/t8-,9+/m0/s1. The molecule has 0 aromatic carbocycles. The van der Waals surface area contributed by atoms with Crippen molar-refractivity contribution in [2.75, 3.05) is 6.61 Å². The molecular weight excluding hydrogens is 178 g/mol. The predicted octanol–water partition coefficient (Wildman–Crippen LogP) is 2.16. The molecule has 0 unspecified atom stereocenters. The topological polar surface area (TPSA) is 31.4 Å². The highest BCUT2D eigenvalue weighted by atomic mass is 16.5. The number of pyridine rings is 1. The summed E-state index contributed by atoms with van der Waals surface area (Å²) in [6.07, 6.45) is 6.12. The van der Waals surface area contributed by atoms with Gasteiger partial charge < -0.3 is 9.47 Å². The van der Waals surface area contributed by atoms with Crippen LogP contribution in [-0.2, 0) is 4.74 Å². The summed E-state index contributed by atoms with van der Waals surface area (Å²) in [7, 11) is 0. The summed E-state index contributed by atoms with van der Waals surface area (Å²) in [6.45, 7) is 2.61. The van der Waals surface area contributed by atoms with E-state index in [1.807, 2.05) is 13.0 Å². The third-order valence-corrected chi connectivity index (χ3v) is 2.61. The molecule has 1 aromatic heterocycles. The average molecular weight is 189 g/mol. The van der Waals surface area contributed by atoms with Gasteiger partial charge in [-0.05, 0) is 18.6 Å². The second-order valence-electron chi connectivity index (χ2n) is 3.41. The maximum atomic E-state index is 5.70. The Labute approximate surface area is 82.4 Å². The molecule has 0 amide bonds. The molecule has 0 N–H and O–H groups in total. The maximum absolute atomic E-state index is 5.70.